The lowest BCUT2D eigenvalue weighted by Gasteiger charge is -2.27. The fourth-order valence-corrected chi connectivity index (χ4v) is 3.39. The molecule has 1 heterocycles. The van der Waals surface area contributed by atoms with E-state index in [0.29, 0.717) is 28.8 Å². The van der Waals surface area contributed by atoms with Crippen LogP contribution in [0.4, 0.5) is 5.69 Å². The van der Waals surface area contributed by atoms with Crippen LogP contribution in [0.5, 0.6) is 0 Å². The summed E-state index contributed by atoms with van der Waals surface area (Å²) in [5.74, 6) is -0.182. The molecule has 1 atom stereocenters. The summed E-state index contributed by atoms with van der Waals surface area (Å²) in [6.45, 7) is 6.17. The predicted molar refractivity (Wildman–Crippen MR) is 108 cm³/mol. The van der Waals surface area contributed by atoms with Gasteiger partial charge in [-0.15, -0.1) is 0 Å². The van der Waals surface area contributed by atoms with Crippen LogP contribution < -0.4 is 11.1 Å². The zero-order chi connectivity index (χ0) is 19.4. The summed E-state index contributed by atoms with van der Waals surface area (Å²) in [7, 11) is 0. The Morgan fingerprint density at radius 2 is 1.89 bits per heavy atom. The molecule has 2 aromatic carbocycles. The second-order valence-corrected chi connectivity index (χ2v) is 7.19. The predicted octanol–water partition coefficient (Wildman–Crippen LogP) is 3.43. The molecule has 140 valence electrons. The quantitative estimate of drug-likeness (QED) is 0.772. The van der Waals surface area contributed by atoms with Gasteiger partial charge in [-0.1, -0.05) is 44.2 Å². The average molecular weight is 363 g/mol. The Morgan fingerprint density at radius 1 is 1.15 bits per heavy atom. The third kappa shape index (κ3) is 4.63. The molecule has 0 fully saturated rings. The highest BCUT2D eigenvalue weighted by Crippen LogP contribution is 2.21. The van der Waals surface area contributed by atoms with Crippen molar-refractivity contribution in [2.24, 2.45) is 11.7 Å². The number of nitrogens with two attached hydrogens (primary N) is 1. The number of hydrogen-bond acceptors (Lipinski definition) is 3. The average Bonchev–Trinajstić information content (AvgIpc) is 3.10. The lowest BCUT2D eigenvalue weighted by molar-refractivity contribution is 0.0996. The van der Waals surface area contributed by atoms with E-state index in [-0.39, 0.29) is 5.91 Å². The van der Waals surface area contributed by atoms with Crippen LogP contribution in [-0.2, 0) is 6.54 Å². The maximum atomic E-state index is 12.6. The summed E-state index contributed by atoms with van der Waals surface area (Å²) in [5.41, 5.74) is 7.89. The summed E-state index contributed by atoms with van der Waals surface area (Å²) >= 11 is 0. The number of rotatable bonds is 6. The number of primary amides is 1. The van der Waals surface area contributed by atoms with E-state index in [1.165, 1.54) is 0 Å². The van der Waals surface area contributed by atoms with Crippen LogP contribution in [0.1, 0.15) is 40.1 Å². The number of carbonyl (C=O) groups excluding carboxylic acids is 2. The Balaban J connectivity index is 1.70. The highest BCUT2D eigenvalue weighted by atomic mass is 16.2. The number of nitrogens with one attached hydrogen (secondary N) is 1. The minimum Gasteiger partial charge on any atom is -0.366 e. The van der Waals surface area contributed by atoms with Gasteiger partial charge in [0.2, 0.25) is 5.91 Å². The topological polar surface area (TPSA) is 75.4 Å². The van der Waals surface area contributed by atoms with Crippen molar-refractivity contribution >= 4 is 17.5 Å². The van der Waals surface area contributed by atoms with Crippen LogP contribution >= 0.6 is 0 Å². The van der Waals surface area contributed by atoms with Crippen LogP contribution in [-0.4, -0.2) is 29.3 Å². The first kappa shape index (κ1) is 18.9. The van der Waals surface area contributed by atoms with Gasteiger partial charge < -0.3 is 11.1 Å². The molecular formula is C22H25N3O2. The van der Waals surface area contributed by atoms with E-state index in [2.05, 4.69) is 36.2 Å². The van der Waals surface area contributed by atoms with Crippen molar-refractivity contribution in [3.8, 4) is 0 Å². The van der Waals surface area contributed by atoms with Gasteiger partial charge in [0.1, 0.15) is 0 Å². The molecular weight excluding hydrogens is 338 g/mol. The normalized spacial score (nSPS) is 16.6. The van der Waals surface area contributed by atoms with E-state index >= 15 is 0 Å². The summed E-state index contributed by atoms with van der Waals surface area (Å²) < 4.78 is 0. The molecule has 27 heavy (non-hydrogen) atoms. The molecule has 0 aliphatic carbocycles. The van der Waals surface area contributed by atoms with Gasteiger partial charge in [-0.3, -0.25) is 14.5 Å². The van der Waals surface area contributed by atoms with Crippen molar-refractivity contribution in [3.63, 3.8) is 0 Å². The van der Waals surface area contributed by atoms with Crippen molar-refractivity contribution in [2.75, 3.05) is 11.9 Å². The molecule has 0 saturated heterocycles. The number of nitrogens with zero attached hydrogens (tertiary/aromatic N) is 1. The van der Waals surface area contributed by atoms with E-state index in [0.717, 1.165) is 18.7 Å². The zero-order valence-electron chi connectivity index (χ0n) is 15.7. The fourth-order valence-electron chi connectivity index (χ4n) is 3.39. The Morgan fingerprint density at radius 3 is 2.63 bits per heavy atom. The van der Waals surface area contributed by atoms with Crippen molar-refractivity contribution in [1.82, 2.24) is 4.90 Å². The largest absolute Gasteiger partial charge is 0.366 e. The zero-order valence-corrected chi connectivity index (χ0v) is 15.7. The van der Waals surface area contributed by atoms with Crippen LogP contribution in [0.15, 0.2) is 60.7 Å². The van der Waals surface area contributed by atoms with Gasteiger partial charge in [0.15, 0.2) is 0 Å². The maximum Gasteiger partial charge on any atom is 0.255 e. The number of amides is 2. The molecule has 0 unspecified atom stereocenters. The standard InChI is InChI=1S/C22H25N3O2/c1-15(2)20-10-5-11-25(20)14-16-6-3-8-18(12-16)22(27)24-19-9-4-7-17(13-19)21(23)26/h3-10,12-13,15,20H,11,14H2,1-2H3,(H2,23,26)(H,24,27)/t20-/m1/s1. The lowest BCUT2D eigenvalue weighted by Crippen LogP contribution is -2.33. The lowest BCUT2D eigenvalue weighted by atomic mass is 10.0. The highest BCUT2D eigenvalue weighted by Gasteiger charge is 2.22. The molecule has 5 heteroatoms. The first-order valence-electron chi connectivity index (χ1n) is 9.15. The second kappa shape index (κ2) is 8.18. The van der Waals surface area contributed by atoms with Gasteiger partial charge in [-0.25, -0.2) is 0 Å². The molecule has 0 saturated carbocycles. The van der Waals surface area contributed by atoms with Gasteiger partial charge >= 0.3 is 0 Å². The first-order valence-corrected chi connectivity index (χ1v) is 9.15. The highest BCUT2D eigenvalue weighted by molar-refractivity contribution is 6.05. The molecule has 1 aliphatic rings. The van der Waals surface area contributed by atoms with E-state index in [1.54, 1.807) is 30.3 Å². The molecule has 0 radical (unpaired) electrons. The summed E-state index contributed by atoms with van der Waals surface area (Å²) in [4.78, 5) is 26.3. The van der Waals surface area contributed by atoms with Crippen molar-refractivity contribution < 1.29 is 9.59 Å². The Hall–Kier alpha value is -2.92. The molecule has 5 nitrogen and oxygen atoms in total. The minimum atomic E-state index is -0.521. The van der Waals surface area contributed by atoms with Gasteiger partial charge in [-0.2, -0.15) is 0 Å². The fraction of sp³-hybridized carbons (Fsp3) is 0.273. The van der Waals surface area contributed by atoms with Crippen molar-refractivity contribution in [3.05, 3.63) is 77.4 Å². The molecule has 0 bridgehead atoms. The van der Waals surface area contributed by atoms with Gasteiger partial charge in [0.05, 0.1) is 0 Å². The van der Waals surface area contributed by atoms with E-state index in [1.807, 2.05) is 18.2 Å². The number of carbonyl (C=O) groups is 2. The smallest absolute Gasteiger partial charge is 0.255 e. The molecule has 0 aromatic heterocycles. The first-order chi connectivity index (χ1) is 12.9. The van der Waals surface area contributed by atoms with E-state index in [4.69, 9.17) is 5.73 Å². The number of anilines is 1. The van der Waals surface area contributed by atoms with E-state index < -0.39 is 5.91 Å². The van der Waals surface area contributed by atoms with Crippen molar-refractivity contribution in [1.29, 1.82) is 0 Å². The third-order valence-electron chi connectivity index (χ3n) is 4.76. The van der Waals surface area contributed by atoms with E-state index in [9.17, 15) is 9.59 Å². The molecule has 2 aromatic rings. The maximum absolute atomic E-state index is 12.6. The number of benzene rings is 2. The van der Waals surface area contributed by atoms with Crippen LogP contribution in [0.25, 0.3) is 0 Å². The SMILES string of the molecule is CC(C)[C@H]1C=CCN1Cc1cccc(C(=O)Nc2cccc(C(N)=O)c2)c1. The second-order valence-electron chi connectivity index (χ2n) is 7.19. The van der Waals surface area contributed by atoms with Crippen LogP contribution in [0.3, 0.4) is 0 Å². The molecule has 2 amide bonds. The summed E-state index contributed by atoms with van der Waals surface area (Å²) in [6, 6.07) is 14.7. The van der Waals surface area contributed by atoms with Crippen molar-refractivity contribution in [2.45, 2.75) is 26.4 Å². The molecule has 0 spiro atoms. The van der Waals surface area contributed by atoms with Gasteiger partial charge in [0, 0.05) is 35.9 Å². The minimum absolute atomic E-state index is 0.210. The Bertz CT molecular complexity index is 873. The summed E-state index contributed by atoms with van der Waals surface area (Å²) in [6.07, 6.45) is 4.46. The van der Waals surface area contributed by atoms with Crippen LogP contribution in [0, 0.1) is 5.92 Å². The van der Waals surface area contributed by atoms with Gasteiger partial charge in [-0.05, 0) is 41.8 Å². The monoisotopic (exact) mass is 363 g/mol. The molecule has 3 N–H and O–H groups in total. The molecule has 3 rings (SSSR count). The molecule has 1 aliphatic heterocycles. The Labute approximate surface area is 159 Å². The Kier molecular flexibility index (Phi) is 5.72. The van der Waals surface area contributed by atoms with Crippen LogP contribution in [0.2, 0.25) is 0 Å². The third-order valence-corrected chi connectivity index (χ3v) is 4.76. The van der Waals surface area contributed by atoms with Gasteiger partial charge in [0.25, 0.3) is 5.91 Å². The summed E-state index contributed by atoms with van der Waals surface area (Å²) in [5, 5.41) is 2.83. The number of hydrogen-bond donors (Lipinski definition) is 2.